The molecule has 2 rings (SSSR count). The van der Waals surface area contributed by atoms with Gasteiger partial charge in [0.1, 0.15) is 5.60 Å². The number of anilines is 1. The Morgan fingerprint density at radius 3 is 2.07 bits per heavy atom. The van der Waals surface area contributed by atoms with Crippen LogP contribution >= 0.6 is 0 Å². The second-order valence-electron chi connectivity index (χ2n) is 8.17. The van der Waals surface area contributed by atoms with Crippen molar-refractivity contribution in [2.45, 2.75) is 53.7 Å². The van der Waals surface area contributed by atoms with E-state index in [0.717, 1.165) is 11.3 Å². The average molecular weight is 432 g/mol. The molecule has 2 N–H and O–H groups in total. The Morgan fingerprint density at radius 1 is 1.07 bits per heavy atom. The molecule has 1 aromatic carbocycles. The fraction of sp³-hybridized carbons (Fsp3) is 0.632. The Labute approximate surface area is 172 Å². The molecule has 1 fully saturated rings. The fourth-order valence-electron chi connectivity index (χ4n) is 3.68. The van der Waals surface area contributed by atoms with Crippen molar-refractivity contribution in [2.24, 2.45) is 5.73 Å². The van der Waals surface area contributed by atoms with Crippen LogP contribution in [-0.2, 0) is 21.8 Å². The summed E-state index contributed by atoms with van der Waals surface area (Å²) in [6.07, 6.45) is -0.371. The lowest BCUT2D eigenvalue weighted by Crippen LogP contribution is -2.50. The third kappa shape index (κ3) is 5.51. The van der Waals surface area contributed by atoms with Gasteiger partial charge >= 0.3 is 16.6 Å². The molecule has 0 unspecified atom stereocenters. The van der Waals surface area contributed by atoms with Crippen molar-refractivity contribution in [1.29, 1.82) is 0 Å². The molecule has 0 spiro atoms. The number of amides is 1. The highest BCUT2D eigenvalue weighted by Crippen LogP contribution is 2.39. The molecule has 10 heteroatoms. The molecule has 0 bridgehead atoms. The zero-order chi connectivity index (χ0) is 22.1. The summed E-state index contributed by atoms with van der Waals surface area (Å²) in [5.41, 5.74) is 8.65. The maximum Gasteiger partial charge on any atom is 0.488 e. The van der Waals surface area contributed by atoms with Crippen molar-refractivity contribution in [3.8, 4) is 5.75 Å². The standard InChI is InChI=1S/C19H30FN3O5S/c1-12-15(11-21)13(2)17(28-29(20,25)26)14(3)16(12)22-7-9-23(10-8-22)18(24)27-19(4,5)6/h7-11,21H2,1-6H3. The van der Waals surface area contributed by atoms with Gasteiger partial charge < -0.3 is 24.5 Å². The molecular formula is C19H30FN3O5S. The molecule has 0 atom stereocenters. The molecule has 0 aliphatic carbocycles. The van der Waals surface area contributed by atoms with Crippen LogP contribution in [0, 0.1) is 20.8 Å². The molecule has 0 radical (unpaired) electrons. The summed E-state index contributed by atoms with van der Waals surface area (Å²) in [6, 6.07) is 0. The van der Waals surface area contributed by atoms with Crippen molar-refractivity contribution in [3.63, 3.8) is 0 Å². The van der Waals surface area contributed by atoms with Crippen molar-refractivity contribution in [2.75, 3.05) is 31.1 Å². The second-order valence-corrected chi connectivity index (χ2v) is 9.12. The lowest BCUT2D eigenvalue weighted by Gasteiger charge is -2.38. The topological polar surface area (TPSA) is 102 Å². The monoisotopic (exact) mass is 431 g/mol. The highest BCUT2D eigenvalue weighted by atomic mass is 32.3. The molecule has 0 saturated carbocycles. The van der Waals surface area contributed by atoms with Gasteiger partial charge in [0.2, 0.25) is 0 Å². The highest BCUT2D eigenvalue weighted by Gasteiger charge is 2.29. The lowest BCUT2D eigenvalue weighted by atomic mass is 9.94. The summed E-state index contributed by atoms with van der Waals surface area (Å²) in [4.78, 5) is 15.9. The van der Waals surface area contributed by atoms with Gasteiger partial charge in [-0.1, -0.05) is 3.89 Å². The average Bonchev–Trinajstić information content (AvgIpc) is 2.57. The number of hydrogen-bond acceptors (Lipinski definition) is 7. The van der Waals surface area contributed by atoms with Gasteiger partial charge in [-0.25, -0.2) is 4.79 Å². The largest absolute Gasteiger partial charge is 0.488 e. The van der Waals surface area contributed by atoms with E-state index in [0.29, 0.717) is 42.9 Å². The van der Waals surface area contributed by atoms with E-state index in [1.807, 2.05) is 32.6 Å². The van der Waals surface area contributed by atoms with E-state index in [4.69, 9.17) is 10.5 Å². The summed E-state index contributed by atoms with van der Waals surface area (Å²) in [7, 11) is -5.17. The first-order chi connectivity index (χ1) is 13.2. The minimum atomic E-state index is -5.17. The first-order valence-corrected chi connectivity index (χ1v) is 10.8. The molecule has 1 amide bonds. The van der Waals surface area contributed by atoms with E-state index in [1.165, 1.54) is 0 Å². The summed E-state index contributed by atoms with van der Waals surface area (Å²) in [5.74, 6) is -0.0388. The summed E-state index contributed by atoms with van der Waals surface area (Å²) in [6.45, 7) is 12.7. The maximum absolute atomic E-state index is 13.3. The van der Waals surface area contributed by atoms with Gasteiger partial charge in [0.05, 0.1) is 0 Å². The Bertz CT molecular complexity index is 888. The first kappa shape index (κ1) is 23.2. The molecule has 1 aliphatic heterocycles. The van der Waals surface area contributed by atoms with E-state index in [9.17, 15) is 17.1 Å². The number of ether oxygens (including phenoxy) is 1. The Morgan fingerprint density at radius 2 is 1.62 bits per heavy atom. The van der Waals surface area contributed by atoms with Crippen molar-refractivity contribution >= 4 is 22.3 Å². The fourth-order valence-corrected chi connectivity index (χ4v) is 4.12. The van der Waals surface area contributed by atoms with Gasteiger partial charge in [0, 0.05) is 44.0 Å². The number of rotatable bonds is 4. The molecule has 1 heterocycles. The normalized spacial score (nSPS) is 15.4. The predicted molar refractivity (Wildman–Crippen MR) is 109 cm³/mol. The smallest absolute Gasteiger partial charge is 0.444 e. The van der Waals surface area contributed by atoms with Crippen molar-refractivity contribution in [1.82, 2.24) is 4.90 Å². The van der Waals surface area contributed by atoms with E-state index < -0.39 is 16.1 Å². The molecule has 1 aliphatic rings. The van der Waals surface area contributed by atoms with Crippen LogP contribution in [-0.4, -0.2) is 51.2 Å². The van der Waals surface area contributed by atoms with E-state index in [-0.39, 0.29) is 18.4 Å². The lowest BCUT2D eigenvalue weighted by molar-refractivity contribution is 0.0240. The number of carbonyl (C=O) groups is 1. The van der Waals surface area contributed by atoms with Crippen LogP contribution in [0.2, 0.25) is 0 Å². The number of hydrogen-bond donors (Lipinski definition) is 1. The number of nitrogens with zero attached hydrogens (tertiary/aromatic N) is 2. The summed E-state index contributed by atoms with van der Waals surface area (Å²) >= 11 is 0. The van der Waals surface area contributed by atoms with E-state index in [2.05, 4.69) is 4.18 Å². The molecular weight excluding hydrogens is 401 g/mol. The van der Waals surface area contributed by atoms with Crippen LogP contribution in [0.1, 0.15) is 43.0 Å². The number of piperazine rings is 1. The molecule has 29 heavy (non-hydrogen) atoms. The van der Waals surface area contributed by atoms with E-state index >= 15 is 0 Å². The van der Waals surface area contributed by atoms with Crippen molar-refractivity contribution in [3.05, 3.63) is 22.3 Å². The predicted octanol–water partition coefficient (Wildman–Crippen LogP) is 2.72. The van der Waals surface area contributed by atoms with Gasteiger partial charge in [0.15, 0.2) is 5.75 Å². The number of benzene rings is 1. The third-order valence-electron chi connectivity index (χ3n) is 4.93. The Kier molecular flexibility index (Phi) is 6.68. The van der Waals surface area contributed by atoms with Gasteiger partial charge in [-0.2, -0.15) is 8.42 Å². The molecule has 0 aromatic heterocycles. The van der Waals surface area contributed by atoms with Gasteiger partial charge in [-0.05, 0) is 58.2 Å². The van der Waals surface area contributed by atoms with Gasteiger partial charge in [-0.15, -0.1) is 0 Å². The minimum Gasteiger partial charge on any atom is -0.444 e. The second kappa shape index (κ2) is 8.35. The molecule has 1 saturated heterocycles. The minimum absolute atomic E-state index is 0.0388. The number of nitrogens with two attached hydrogens (primary N) is 1. The van der Waals surface area contributed by atoms with Crippen LogP contribution < -0.4 is 14.8 Å². The van der Waals surface area contributed by atoms with Crippen LogP contribution in [0.4, 0.5) is 14.4 Å². The third-order valence-corrected chi connectivity index (χ3v) is 5.30. The Hall–Kier alpha value is -2.07. The quantitative estimate of drug-likeness (QED) is 0.731. The van der Waals surface area contributed by atoms with Crippen molar-refractivity contribution < 1.29 is 26.0 Å². The summed E-state index contributed by atoms with van der Waals surface area (Å²) < 4.78 is 45.6. The van der Waals surface area contributed by atoms with Crippen LogP contribution in [0.25, 0.3) is 0 Å². The van der Waals surface area contributed by atoms with E-state index in [1.54, 1.807) is 18.7 Å². The maximum atomic E-state index is 13.3. The van der Waals surface area contributed by atoms with Gasteiger partial charge in [0.25, 0.3) is 0 Å². The highest BCUT2D eigenvalue weighted by molar-refractivity contribution is 7.81. The summed E-state index contributed by atoms with van der Waals surface area (Å²) in [5, 5.41) is 0. The molecule has 8 nitrogen and oxygen atoms in total. The first-order valence-electron chi connectivity index (χ1n) is 9.44. The SMILES string of the molecule is Cc1c(CN)c(C)c(N2CCN(C(=O)OC(C)(C)C)CC2)c(C)c1OS(=O)(=O)F. The zero-order valence-corrected chi connectivity index (χ0v) is 18.7. The number of halogens is 1. The van der Waals surface area contributed by atoms with Gasteiger partial charge in [-0.3, -0.25) is 0 Å². The zero-order valence-electron chi connectivity index (χ0n) is 17.8. The number of carbonyl (C=O) groups excluding carboxylic acids is 1. The van der Waals surface area contributed by atoms with Crippen LogP contribution in [0.15, 0.2) is 0 Å². The molecule has 164 valence electrons. The Balaban J connectivity index is 2.34. The van der Waals surface area contributed by atoms with Crippen LogP contribution in [0.3, 0.4) is 0 Å². The van der Waals surface area contributed by atoms with Crippen LogP contribution in [0.5, 0.6) is 5.75 Å². The molecule has 1 aromatic rings.